The van der Waals surface area contributed by atoms with E-state index < -0.39 is 0 Å². The minimum atomic E-state index is 0.213. The minimum Gasteiger partial charge on any atom is -0.457 e. The van der Waals surface area contributed by atoms with Crippen molar-refractivity contribution in [1.29, 1.82) is 0 Å². The Kier molecular flexibility index (Phi) is 3.97. The predicted molar refractivity (Wildman–Crippen MR) is 70.9 cm³/mol. The SMILES string of the molecule is CNC(c1ccoc1Br)C(C)c1ccncc1. The third-order valence-electron chi connectivity index (χ3n) is 3.02. The summed E-state index contributed by atoms with van der Waals surface area (Å²) in [5, 5.41) is 3.33. The summed E-state index contributed by atoms with van der Waals surface area (Å²) in [4.78, 5) is 4.05. The molecule has 4 heteroatoms. The zero-order valence-corrected chi connectivity index (χ0v) is 11.4. The Bertz CT molecular complexity index is 469. The van der Waals surface area contributed by atoms with Crippen LogP contribution in [0.15, 0.2) is 45.9 Å². The fourth-order valence-electron chi connectivity index (χ4n) is 2.06. The van der Waals surface area contributed by atoms with Gasteiger partial charge in [-0.05, 0) is 46.7 Å². The third kappa shape index (κ3) is 2.58. The van der Waals surface area contributed by atoms with Crippen molar-refractivity contribution in [3.05, 3.63) is 52.7 Å². The van der Waals surface area contributed by atoms with E-state index in [0.717, 1.165) is 10.2 Å². The molecule has 0 amide bonds. The van der Waals surface area contributed by atoms with Crippen molar-refractivity contribution in [2.45, 2.75) is 18.9 Å². The molecule has 0 aromatic carbocycles. The number of aromatic nitrogens is 1. The van der Waals surface area contributed by atoms with E-state index >= 15 is 0 Å². The lowest BCUT2D eigenvalue weighted by Gasteiger charge is -2.23. The molecule has 0 radical (unpaired) electrons. The van der Waals surface area contributed by atoms with Gasteiger partial charge in [-0.3, -0.25) is 4.98 Å². The molecule has 0 saturated heterocycles. The second-order valence-corrected chi connectivity index (χ2v) is 4.71. The van der Waals surface area contributed by atoms with E-state index in [2.05, 4.69) is 33.2 Å². The molecule has 2 unspecified atom stereocenters. The molecule has 2 aromatic heterocycles. The normalized spacial score (nSPS) is 14.5. The molecule has 2 aromatic rings. The van der Waals surface area contributed by atoms with Crippen LogP contribution in [0.3, 0.4) is 0 Å². The van der Waals surface area contributed by atoms with E-state index in [4.69, 9.17) is 4.42 Å². The average molecular weight is 295 g/mol. The van der Waals surface area contributed by atoms with Crippen LogP contribution in [-0.4, -0.2) is 12.0 Å². The lowest BCUT2D eigenvalue weighted by atomic mass is 9.90. The number of hydrogen-bond donors (Lipinski definition) is 1. The summed E-state index contributed by atoms with van der Waals surface area (Å²) < 4.78 is 6.09. The molecule has 3 nitrogen and oxygen atoms in total. The van der Waals surface area contributed by atoms with Gasteiger partial charge in [0.1, 0.15) is 0 Å². The van der Waals surface area contributed by atoms with Gasteiger partial charge in [0.2, 0.25) is 0 Å². The van der Waals surface area contributed by atoms with Crippen LogP contribution >= 0.6 is 15.9 Å². The minimum absolute atomic E-state index is 0.213. The summed E-state index contributed by atoms with van der Waals surface area (Å²) >= 11 is 3.43. The Labute approximate surface area is 109 Å². The molecule has 2 heterocycles. The Morgan fingerprint density at radius 3 is 2.53 bits per heavy atom. The van der Waals surface area contributed by atoms with Crippen LogP contribution in [0.1, 0.15) is 30.0 Å². The standard InChI is InChI=1S/C13H15BrN2O/c1-9(10-3-6-16-7-4-10)12(15-2)11-5-8-17-13(11)14/h3-9,12,15H,1-2H3. The summed E-state index contributed by atoms with van der Waals surface area (Å²) in [7, 11) is 1.96. The highest BCUT2D eigenvalue weighted by Crippen LogP contribution is 2.34. The van der Waals surface area contributed by atoms with Crippen LogP contribution in [0.2, 0.25) is 0 Å². The Morgan fingerprint density at radius 1 is 1.29 bits per heavy atom. The third-order valence-corrected chi connectivity index (χ3v) is 3.67. The topological polar surface area (TPSA) is 38.1 Å². The van der Waals surface area contributed by atoms with Gasteiger partial charge in [0.25, 0.3) is 0 Å². The maximum Gasteiger partial charge on any atom is 0.173 e. The number of halogens is 1. The van der Waals surface area contributed by atoms with Gasteiger partial charge in [0, 0.05) is 29.9 Å². The maximum absolute atomic E-state index is 5.30. The van der Waals surface area contributed by atoms with Crippen molar-refractivity contribution < 1.29 is 4.42 Å². The van der Waals surface area contributed by atoms with Crippen LogP contribution in [0.5, 0.6) is 0 Å². The van der Waals surface area contributed by atoms with Gasteiger partial charge >= 0.3 is 0 Å². The smallest absolute Gasteiger partial charge is 0.173 e. The quantitative estimate of drug-likeness (QED) is 0.938. The molecule has 2 atom stereocenters. The predicted octanol–water partition coefficient (Wildman–Crippen LogP) is 3.50. The molecule has 0 aliphatic carbocycles. The van der Waals surface area contributed by atoms with Crippen molar-refractivity contribution in [2.75, 3.05) is 7.05 Å². The first-order chi connectivity index (χ1) is 8.24. The van der Waals surface area contributed by atoms with E-state index in [1.54, 1.807) is 6.26 Å². The average Bonchev–Trinajstić information content (AvgIpc) is 2.78. The highest BCUT2D eigenvalue weighted by molar-refractivity contribution is 9.10. The monoisotopic (exact) mass is 294 g/mol. The lowest BCUT2D eigenvalue weighted by molar-refractivity contribution is 0.483. The van der Waals surface area contributed by atoms with Crippen LogP contribution in [0, 0.1) is 0 Å². The number of furan rings is 1. The fourth-order valence-corrected chi connectivity index (χ4v) is 2.55. The number of rotatable bonds is 4. The van der Waals surface area contributed by atoms with Gasteiger partial charge in [-0.1, -0.05) is 6.92 Å². The van der Waals surface area contributed by atoms with Gasteiger partial charge in [-0.25, -0.2) is 0 Å². The van der Waals surface area contributed by atoms with Crippen LogP contribution in [0.25, 0.3) is 0 Å². The van der Waals surface area contributed by atoms with E-state index in [1.807, 2.05) is 37.6 Å². The fraction of sp³-hybridized carbons (Fsp3) is 0.308. The van der Waals surface area contributed by atoms with Crippen molar-refractivity contribution in [3.63, 3.8) is 0 Å². The van der Waals surface area contributed by atoms with E-state index in [0.29, 0.717) is 5.92 Å². The maximum atomic E-state index is 5.30. The van der Waals surface area contributed by atoms with Gasteiger partial charge in [0.05, 0.1) is 6.26 Å². The highest BCUT2D eigenvalue weighted by atomic mass is 79.9. The summed E-state index contributed by atoms with van der Waals surface area (Å²) in [6, 6.07) is 6.29. The molecule has 0 aliphatic heterocycles. The van der Waals surface area contributed by atoms with Gasteiger partial charge in [-0.15, -0.1) is 0 Å². The molecule has 0 saturated carbocycles. The zero-order chi connectivity index (χ0) is 12.3. The van der Waals surface area contributed by atoms with E-state index in [9.17, 15) is 0 Å². The number of nitrogens with one attached hydrogen (secondary N) is 1. The van der Waals surface area contributed by atoms with E-state index in [1.165, 1.54) is 5.56 Å². The van der Waals surface area contributed by atoms with Crippen LogP contribution < -0.4 is 5.32 Å². The molecule has 0 aliphatic rings. The largest absolute Gasteiger partial charge is 0.457 e. The first-order valence-corrected chi connectivity index (χ1v) is 6.33. The number of pyridine rings is 1. The van der Waals surface area contributed by atoms with Crippen molar-refractivity contribution in [1.82, 2.24) is 10.3 Å². The lowest BCUT2D eigenvalue weighted by Crippen LogP contribution is -2.22. The zero-order valence-electron chi connectivity index (χ0n) is 9.85. The van der Waals surface area contributed by atoms with Gasteiger partial charge in [-0.2, -0.15) is 0 Å². The van der Waals surface area contributed by atoms with E-state index in [-0.39, 0.29) is 6.04 Å². The van der Waals surface area contributed by atoms with Crippen molar-refractivity contribution in [2.24, 2.45) is 0 Å². The molecular weight excluding hydrogens is 280 g/mol. The molecule has 17 heavy (non-hydrogen) atoms. The Balaban J connectivity index is 2.28. The molecule has 2 rings (SSSR count). The highest BCUT2D eigenvalue weighted by Gasteiger charge is 2.22. The summed E-state index contributed by atoms with van der Waals surface area (Å²) in [6.07, 6.45) is 5.34. The van der Waals surface area contributed by atoms with Crippen molar-refractivity contribution >= 4 is 15.9 Å². The summed E-state index contributed by atoms with van der Waals surface area (Å²) in [5.74, 6) is 0.344. The number of likely N-dealkylation sites (N-methyl/N-ethyl adjacent to an activating group) is 1. The van der Waals surface area contributed by atoms with Crippen LogP contribution in [-0.2, 0) is 0 Å². The van der Waals surface area contributed by atoms with Gasteiger partial charge < -0.3 is 9.73 Å². The summed E-state index contributed by atoms with van der Waals surface area (Å²) in [6.45, 7) is 2.19. The second-order valence-electron chi connectivity index (χ2n) is 3.99. The van der Waals surface area contributed by atoms with Gasteiger partial charge in [0.15, 0.2) is 4.67 Å². The molecule has 0 spiro atoms. The number of nitrogens with zero attached hydrogens (tertiary/aromatic N) is 1. The van der Waals surface area contributed by atoms with Crippen LogP contribution in [0.4, 0.5) is 0 Å². The Hall–Kier alpha value is -1.13. The van der Waals surface area contributed by atoms with Crippen molar-refractivity contribution in [3.8, 4) is 0 Å². The molecule has 0 bridgehead atoms. The molecule has 1 N–H and O–H groups in total. The first-order valence-electron chi connectivity index (χ1n) is 5.54. The second kappa shape index (κ2) is 5.47. The Morgan fingerprint density at radius 2 is 2.00 bits per heavy atom. The summed E-state index contributed by atoms with van der Waals surface area (Å²) in [5.41, 5.74) is 2.39. The molecule has 90 valence electrons. The molecular formula is C13H15BrN2O. The molecule has 0 fully saturated rings. The first kappa shape index (κ1) is 12.3. The number of hydrogen-bond acceptors (Lipinski definition) is 3.